The molecule has 2 aliphatic rings. The highest BCUT2D eigenvalue weighted by molar-refractivity contribution is 5.92. The van der Waals surface area contributed by atoms with Crippen LogP contribution >= 0.6 is 0 Å². The lowest BCUT2D eigenvalue weighted by Gasteiger charge is -2.39. The molecule has 0 spiro atoms. The summed E-state index contributed by atoms with van der Waals surface area (Å²) in [6.45, 7) is 1.40. The van der Waals surface area contributed by atoms with E-state index in [4.69, 9.17) is 11.0 Å². The number of carbonyl (C=O) groups excluding carboxylic acids is 2. The van der Waals surface area contributed by atoms with Crippen LogP contribution in [0.25, 0.3) is 0 Å². The van der Waals surface area contributed by atoms with Crippen LogP contribution in [0.4, 0.5) is 0 Å². The summed E-state index contributed by atoms with van der Waals surface area (Å²) in [5, 5.41) is 8.81. The molecule has 5 nitrogen and oxygen atoms in total. The van der Waals surface area contributed by atoms with Gasteiger partial charge in [0.1, 0.15) is 0 Å². The third-order valence-corrected chi connectivity index (χ3v) is 5.34. The Morgan fingerprint density at radius 3 is 2.00 bits per heavy atom. The van der Waals surface area contributed by atoms with Crippen LogP contribution in [0.15, 0.2) is 48.5 Å². The second-order valence-corrected chi connectivity index (χ2v) is 7.38. The maximum absolute atomic E-state index is 12.3. The second kappa shape index (κ2) is 9.18. The summed E-state index contributed by atoms with van der Waals surface area (Å²) in [6, 6.07) is 16.4. The van der Waals surface area contributed by atoms with Crippen molar-refractivity contribution in [2.45, 2.75) is 38.0 Å². The molecule has 1 saturated heterocycles. The molecule has 2 aromatic carbocycles. The summed E-state index contributed by atoms with van der Waals surface area (Å²) >= 11 is 0. The largest absolute Gasteiger partial charge is 0.366 e. The van der Waals surface area contributed by atoms with Crippen LogP contribution in [-0.2, 0) is 11.2 Å². The van der Waals surface area contributed by atoms with Crippen molar-refractivity contribution in [1.29, 1.82) is 5.26 Å². The molecule has 2 N–H and O–H groups in total. The molecule has 1 aliphatic heterocycles. The van der Waals surface area contributed by atoms with Crippen LogP contribution in [0, 0.1) is 11.3 Å². The highest BCUT2D eigenvalue weighted by Crippen LogP contribution is 2.27. The summed E-state index contributed by atoms with van der Waals surface area (Å²) < 4.78 is 0. The molecular weight excluding hydrogens is 350 g/mol. The van der Waals surface area contributed by atoms with Crippen LogP contribution in [0.5, 0.6) is 0 Å². The first-order valence-corrected chi connectivity index (χ1v) is 9.73. The first-order chi connectivity index (χ1) is 13.6. The first-order valence-electron chi connectivity index (χ1n) is 9.73. The number of benzene rings is 2. The molecule has 1 aliphatic carbocycles. The minimum Gasteiger partial charge on any atom is -0.366 e. The Morgan fingerprint density at radius 1 is 0.964 bits per heavy atom. The van der Waals surface area contributed by atoms with E-state index in [1.165, 1.54) is 25.7 Å². The molecule has 1 saturated carbocycles. The van der Waals surface area contributed by atoms with Gasteiger partial charge in [0, 0.05) is 24.6 Å². The Balaban J connectivity index is 0.000000500. The quantitative estimate of drug-likeness (QED) is 0.888. The maximum atomic E-state index is 12.3. The van der Waals surface area contributed by atoms with Crippen molar-refractivity contribution in [2.24, 2.45) is 5.73 Å². The van der Waals surface area contributed by atoms with Gasteiger partial charge in [-0.1, -0.05) is 49.9 Å². The van der Waals surface area contributed by atoms with Gasteiger partial charge < -0.3 is 10.6 Å². The van der Waals surface area contributed by atoms with Gasteiger partial charge in [-0.3, -0.25) is 9.59 Å². The number of carbonyl (C=O) groups is 2. The van der Waals surface area contributed by atoms with Crippen molar-refractivity contribution >= 4 is 11.8 Å². The Labute approximate surface area is 165 Å². The predicted octanol–water partition coefficient (Wildman–Crippen LogP) is 3.39. The number of hydrogen-bond acceptors (Lipinski definition) is 3. The second-order valence-electron chi connectivity index (χ2n) is 7.38. The summed E-state index contributed by atoms with van der Waals surface area (Å²) in [5.74, 6) is -0.0634. The van der Waals surface area contributed by atoms with Crippen molar-refractivity contribution in [3.63, 3.8) is 0 Å². The zero-order chi connectivity index (χ0) is 19.9. The van der Waals surface area contributed by atoms with Crippen molar-refractivity contribution < 1.29 is 9.59 Å². The molecule has 28 heavy (non-hydrogen) atoms. The molecule has 0 aromatic heterocycles. The van der Waals surface area contributed by atoms with Gasteiger partial charge in [0.05, 0.1) is 18.1 Å². The Kier molecular flexibility index (Phi) is 6.44. The smallest absolute Gasteiger partial charge is 0.248 e. The molecule has 0 unspecified atom stereocenters. The molecule has 4 rings (SSSR count). The van der Waals surface area contributed by atoms with E-state index in [0.717, 1.165) is 11.1 Å². The molecule has 144 valence electrons. The van der Waals surface area contributed by atoms with Gasteiger partial charge >= 0.3 is 0 Å². The highest BCUT2D eigenvalue weighted by atomic mass is 16.2. The highest BCUT2D eigenvalue weighted by Gasteiger charge is 2.31. The maximum Gasteiger partial charge on any atom is 0.248 e. The normalized spacial score (nSPS) is 15.3. The monoisotopic (exact) mass is 375 g/mol. The molecule has 2 aromatic rings. The molecule has 1 heterocycles. The number of primary amides is 1. The van der Waals surface area contributed by atoms with E-state index >= 15 is 0 Å². The Bertz CT molecular complexity index is 852. The summed E-state index contributed by atoms with van der Waals surface area (Å²) in [4.78, 5) is 25.1. The van der Waals surface area contributed by atoms with Crippen molar-refractivity contribution in [3.05, 3.63) is 70.8 Å². The Morgan fingerprint density at radius 2 is 1.54 bits per heavy atom. The van der Waals surface area contributed by atoms with Gasteiger partial charge in [-0.25, -0.2) is 0 Å². The van der Waals surface area contributed by atoms with E-state index in [-0.39, 0.29) is 5.91 Å². The summed E-state index contributed by atoms with van der Waals surface area (Å²) in [7, 11) is 0. The zero-order valence-electron chi connectivity index (χ0n) is 15.9. The lowest BCUT2D eigenvalue weighted by atomic mass is 9.90. The number of rotatable bonds is 4. The molecule has 0 bridgehead atoms. The van der Waals surface area contributed by atoms with Crippen molar-refractivity contribution in [3.8, 4) is 6.07 Å². The zero-order valence-corrected chi connectivity index (χ0v) is 15.9. The van der Waals surface area contributed by atoms with Gasteiger partial charge in [-0.15, -0.1) is 0 Å². The number of nitrogens with zero attached hydrogens (tertiary/aromatic N) is 2. The third kappa shape index (κ3) is 4.98. The number of nitrogens with two attached hydrogens (primary N) is 1. The molecular formula is C23H25N3O2. The van der Waals surface area contributed by atoms with Crippen LogP contribution in [0.3, 0.4) is 0 Å². The summed E-state index contributed by atoms with van der Waals surface area (Å²) in [5.41, 5.74) is 8.31. The van der Waals surface area contributed by atoms with Crippen LogP contribution in [0.1, 0.15) is 58.6 Å². The number of amides is 2. The van der Waals surface area contributed by atoms with Crippen LogP contribution in [0.2, 0.25) is 0 Å². The number of nitriles is 1. The van der Waals surface area contributed by atoms with Gasteiger partial charge in [-0.05, 0) is 35.4 Å². The summed E-state index contributed by atoms with van der Waals surface area (Å²) in [6.07, 6.45) is 6.32. The average Bonchev–Trinajstić information content (AvgIpc) is 2.60. The molecule has 0 radical (unpaired) electrons. The fourth-order valence-corrected chi connectivity index (χ4v) is 3.05. The van der Waals surface area contributed by atoms with Gasteiger partial charge in [0.15, 0.2) is 0 Å². The van der Waals surface area contributed by atoms with Crippen molar-refractivity contribution in [2.75, 3.05) is 13.1 Å². The topological polar surface area (TPSA) is 87.2 Å². The Hall–Kier alpha value is -3.13. The number of hydrogen-bond donors (Lipinski definition) is 1. The van der Waals surface area contributed by atoms with Crippen LogP contribution < -0.4 is 5.73 Å². The van der Waals surface area contributed by atoms with E-state index in [0.29, 0.717) is 36.6 Å². The molecule has 0 atom stereocenters. The lowest BCUT2D eigenvalue weighted by molar-refractivity contribution is -0.134. The van der Waals surface area contributed by atoms with Gasteiger partial charge in [-0.2, -0.15) is 5.26 Å². The SMILES string of the molecule is C1CCC1.N#Cc1ccc(C2CN(C(=O)Cc3ccc(C(N)=O)cc3)C2)cc1. The van der Waals surface area contributed by atoms with E-state index in [2.05, 4.69) is 6.07 Å². The van der Waals surface area contributed by atoms with Gasteiger partial charge in [0.2, 0.25) is 11.8 Å². The minimum atomic E-state index is -0.471. The van der Waals surface area contributed by atoms with E-state index in [9.17, 15) is 9.59 Å². The lowest BCUT2D eigenvalue weighted by Crippen LogP contribution is -2.49. The van der Waals surface area contributed by atoms with Gasteiger partial charge in [0.25, 0.3) is 0 Å². The molecule has 2 amide bonds. The standard InChI is InChI=1S/C19H17N3O2.C4H8/c20-10-14-3-5-15(6-4-14)17-11-22(12-17)18(23)9-13-1-7-16(8-2-13)19(21)24;1-2-4-3-1/h1-8,17H,9,11-12H2,(H2,21,24);1-4H2. The third-order valence-electron chi connectivity index (χ3n) is 5.34. The van der Waals surface area contributed by atoms with E-state index < -0.39 is 5.91 Å². The molecule has 5 heteroatoms. The average molecular weight is 375 g/mol. The molecule has 2 fully saturated rings. The van der Waals surface area contributed by atoms with E-state index in [1.807, 2.05) is 17.0 Å². The fourth-order valence-electron chi connectivity index (χ4n) is 3.05. The van der Waals surface area contributed by atoms with Crippen LogP contribution in [-0.4, -0.2) is 29.8 Å². The van der Waals surface area contributed by atoms with E-state index in [1.54, 1.807) is 36.4 Å². The fraction of sp³-hybridized carbons (Fsp3) is 0.348. The number of likely N-dealkylation sites (tertiary alicyclic amines) is 1. The minimum absolute atomic E-state index is 0.0757. The first kappa shape index (κ1) is 19.6. The predicted molar refractivity (Wildman–Crippen MR) is 108 cm³/mol. The van der Waals surface area contributed by atoms with Crippen molar-refractivity contribution in [1.82, 2.24) is 4.90 Å².